The number of ether oxygens (including phenoxy) is 1. The van der Waals surface area contributed by atoms with E-state index in [2.05, 4.69) is 10.6 Å². The molecule has 1 aliphatic heterocycles. The Bertz CT molecular complexity index is 446. The molecular formula is C18H30N2O4. The van der Waals surface area contributed by atoms with Crippen molar-refractivity contribution in [1.82, 2.24) is 10.6 Å². The minimum absolute atomic E-state index is 0.0250. The predicted octanol–water partition coefficient (Wildman–Crippen LogP) is 1.28. The highest BCUT2D eigenvalue weighted by Crippen LogP contribution is 2.23. The highest BCUT2D eigenvalue weighted by atomic mass is 16.5. The normalized spacial score (nSPS) is 27.7. The SMILES string of the molecule is CCC(=O)N[C@@H]1C=C[C@@H](CC(=O)NCC2CCCCC2)O[C@@H]1CO. The van der Waals surface area contributed by atoms with Gasteiger partial charge in [-0.3, -0.25) is 9.59 Å². The van der Waals surface area contributed by atoms with Gasteiger partial charge in [-0.1, -0.05) is 38.3 Å². The van der Waals surface area contributed by atoms with Crippen LogP contribution in [0.1, 0.15) is 51.9 Å². The Kier molecular flexibility index (Phi) is 7.72. The summed E-state index contributed by atoms with van der Waals surface area (Å²) in [6, 6.07) is -0.344. The van der Waals surface area contributed by atoms with Crippen molar-refractivity contribution in [2.75, 3.05) is 13.2 Å². The molecule has 1 saturated carbocycles. The van der Waals surface area contributed by atoms with E-state index in [1.54, 1.807) is 13.0 Å². The molecule has 3 atom stereocenters. The maximum Gasteiger partial charge on any atom is 0.222 e. The average molecular weight is 338 g/mol. The number of nitrogens with one attached hydrogen (secondary N) is 2. The van der Waals surface area contributed by atoms with Gasteiger partial charge < -0.3 is 20.5 Å². The number of carbonyl (C=O) groups is 2. The summed E-state index contributed by atoms with van der Waals surface area (Å²) in [7, 11) is 0. The lowest BCUT2D eigenvalue weighted by Crippen LogP contribution is -2.49. The Morgan fingerprint density at radius 2 is 1.92 bits per heavy atom. The lowest BCUT2D eigenvalue weighted by atomic mass is 9.89. The molecule has 6 nitrogen and oxygen atoms in total. The Morgan fingerprint density at radius 1 is 1.17 bits per heavy atom. The fourth-order valence-electron chi connectivity index (χ4n) is 3.33. The van der Waals surface area contributed by atoms with Gasteiger partial charge in [0.2, 0.25) is 11.8 Å². The third-order valence-electron chi connectivity index (χ3n) is 4.81. The highest BCUT2D eigenvalue weighted by Gasteiger charge is 2.28. The Hall–Kier alpha value is -1.40. The van der Waals surface area contributed by atoms with Crippen LogP contribution in [0.4, 0.5) is 0 Å². The van der Waals surface area contributed by atoms with Crippen LogP contribution in [0.3, 0.4) is 0 Å². The van der Waals surface area contributed by atoms with Crippen molar-refractivity contribution in [3.05, 3.63) is 12.2 Å². The van der Waals surface area contributed by atoms with Crippen LogP contribution < -0.4 is 10.6 Å². The molecule has 6 heteroatoms. The fraction of sp³-hybridized carbons (Fsp3) is 0.778. The number of amides is 2. The first-order valence-electron chi connectivity index (χ1n) is 9.13. The molecule has 24 heavy (non-hydrogen) atoms. The van der Waals surface area contributed by atoms with E-state index >= 15 is 0 Å². The van der Waals surface area contributed by atoms with Gasteiger partial charge in [-0.05, 0) is 18.8 Å². The van der Waals surface area contributed by atoms with Gasteiger partial charge >= 0.3 is 0 Å². The zero-order valence-corrected chi connectivity index (χ0v) is 14.5. The number of aliphatic hydroxyl groups is 1. The quantitative estimate of drug-likeness (QED) is 0.610. The number of aliphatic hydroxyl groups excluding tert-OH is 1. The second-order valence-electron chi connectivity index (χ2n) is 6.74. The molecule has 0 unspecified atom stereocenters. The van der Waals surface area contributed by atoms with E-state index in [-0.39, 0.29) is 37.0 Å². The molecule has 1 heterocycles. The van der Waals surface area contributed by atoms with Crippen molar-refractivity contribution in [2.45, 2.75) is 70.1 Å². The van der Waals surface area contributed by atoms with Crippen LogP contribution in [0.25, 0.3) is 0 Å². The zero-order chi connectivity index (χ0) is 17.4. The molecular weight excluding hydrogens is 308 g/mol. The summed E-state index contributed by atoms with van der Waals surface area (Å²) in [5, 5.41) is 15.3. The number of hydrogen-bond acceptors (Lipinski definition) is 4. The highest BCUT2D eigenvalue weighted by molar-refractivity contribution is 5.77. The van der Waals surface area contributed by atoms with Gasteiger partial charge in [0.05, 0.1) is 25.2 Å². The first kappa shape index (κ1) is 18.9. The second-order valence-corrected chi connectivity index (χ2v) is 6.74. The summed E-state index contributed by atoms with van der Waals surface area (Å²) in [4.78, 5) is 23.6. The standard InChI is InChI=1S/C18H30N2O4/c1-2-17(22)20-15-9-8-14(24-16(15)12-21)10-18(23)19-11-13-6-4-3-5-7-13/h8-9,13-16,21H,2-7,10-12H2,1H3,(H,19,23)(H,20,22)/t14-,15+,16+/m0/s1. The number of hydrogen-bond donors (Lipinski definition) is 3. The van der Waals surface area contributed by atoms with Gasteiger partial charge in [-0.25, -0.2) is 0 Å². The second kappa shape index (κ2) is 9.79. The van der Waals surface area contributed by atoms with Crippen molar-refractivity contribution in [2.24, 2.45) is 5.92 Å². The van der Waals surface area contributed by atoms with Crippen LogP contribution in [0.15, 0.2) is 12.2 Å². The minimum Gasteiger partial charge on any atom is -0.394 e. The smallest absolute Gasteiger partial charge is 0.222 e. The van der Waals surface area contributed by atoms with Crippen molar-refractivity contribution < 1.29 is 19.4 Å². The lowest BCUT2D eigenvalue weighted by molar-refractivity contribution is -0.128. The summed E-state index contributed by atoms with van der Waals surface area (Å²) >= 11 is 0. The monoisotopic (exact) mass is 338 g/mol. The van der Waals surface area contributed by atoms with Gasteiger partial charge in [0, 0.05) is 13.0 Å². The molecule has 2 aliphatic rings. The molecule has 0 aromatic heterocycles. The molecule has 0 spiro atoms. The number of rotatable bonds is 7. The average Bonchev–Trinajstić information content (AvgIpc) is 2.62. The molecule has 0 saturated heterocycles. The van der Waals surface area contributed by atoms with E-state index in [4.69, 9.17) is 4.74 Å². The lowest BCUT2D eigenvalue weighted by Gasteiger charge is -2.31. The Morgan fingerprint density at radius 3 is 2.58 bits per heavy atom. The number of carbonyl (C=O) groups excluding carboxylic acids is 2. The van der Waals surface area contributed by atoms with E-state index in [9.17, 15) is 14.7 Å². The van der Waals surface area contributed by atoms with E-state index < -0.39 is 6.10 Å². The molecule has 2 rings (SSSR count). The van der Waals surface area contributed by atoms with Crippen LogP contribution in [-0.2, 0) is 14.3 Å². The summed E-state index contributed by atoms with van der Waals surface area (Å²) in [6.07, 6.45) is 9.61. The van der Waals surface area contributed by atoms with Crippen LogP contribution in [-0.4, -0.2) is 48.3 Å². The van der Waals surface area contributed by atoms with Crippen LogP contribution in [0.5, 0.6) is 0 Å². The largest absolute Gasteiger partial charge is 0.394 e. The first-order chi connectivity index (χ1) is 11.6. The Balaban J connectivity index is 1.76. The van der Waals surface area contributed by atoms with Gasteiger partial charge in [-0.2, -0.15) is 0 Å². The molecule has 136 valence electrons. The maximum atomic E-state index is 12.1. The van der Waals surface area contributed by atoms with E-state index in [0.717, 1.165) is 6.54 Å². The third kappa shape index (κ3) is 5.91. The van der Waals surface area contributed by atoms with Gasteiger partial charge in [0.25, 0.3) is 0 Å². The van der Waals surface area contributed by atoms with E-state index in [0.29, 0.717) is 12.3 Å². The van der Waals surface area contributed by atoms with Crippen molar-refractivity contribution >= 4 is 11.8 Å². The summed E-state index contributed by atoms with van der Waals surface area (Å²) in [5.41, 5.74) is 0. The van der Waals surface area contributed by atoms with Gasteiger partial charge in [0.1, 0.15) is 6.10 Å². The molecule has 3 N–H and O–H groups in total. The molecule has 0 bridgehead atoms. The van der Waals surface area contributed by atoms with E-state index in [1.807, 2.05) is 6.08 Å². The van der Waals surface area contributed by atoms with Crippen molar-refractivity contribution in [1.29, 1.82) is 0 Å². The summed E-state index contributed by atoms with van der Waals surface area (Å²) in [5.74, 6) is 0.489. The van der Waals surface area contributed by atoms with Crippen LogP contribution in [0.2, 0.25) is 0 Å². The molecule has 0 radical (unpaired) electrons. The molecule has 1 aliphatic carbocycles. The molecule has 0 aromatic rings. The summed E-state index contributed by atoms with van der Waals surface area (Å²) in [6.45, 7) is 2.32. The third-order valence-corrected chi connectivity index (χ3v) is 4.81. The first-order valence-corrected chi connectivity index (χ1v) is 9.13. The van der Waals surface area contributed by atoms with E-state index in [1.165, 1.54) is 32.1 Å². The zero-order valence-electron chi connectivity index (χ0n) is 14.5. The maximum absolute atomic E-state index is 12.1. The van der Waals surface area contributed by atoms with Gasteiger partial charge in [-0.15, -0.1) is 0 Å². The van der Waals surface area contributed by atoms with Crippen LogP contribution in [0, 0.1) is 5.92 Å². The molecule has 0 aromatic carbocycles. The fourth-order valence-corrected chi connectivity index (χ4v) is 3.33. The van der Waals surface area contributed by atoms with Crippen molar-refractivity contribution in [3.8, 4) is 0 Å². The van der Waals surface area contributed by atoms with Crippen molar-refractivity contribution in [3.63, 3.8) is 0 Å². The van der Waals surface area contributed by atoms with Crippen LogP contribution >= 0.6 is 0 Å². The molecule has 1 fully saturated rings. The summed E-state index contributed by atoms with van der Waals surface area (Å²) < 4.78 is 5.74. The Labute approximate surface area is 144 Å². The minimum atomic E-state index is -0.512. The predicted molar refractivity (Wildman–Crippen MR) is 91.3 cm³/mol. The molecule has 2 amide bonds. The topological polar surface area (TPSA) is 87.7 Å². The van der Waals surface area contributed by atoms with Gasteiger partial charge in [0.15, 0.2) is 0 Å².